The molecule has 0 atom stereocenters. The standard InChI is InChI=1S/C22H23FN4O2S/c1-29-19-4-2-3-16(13-19)20-15-30-22(25-20)27-11-9-26(10-12-27)14-21(28)24-18-7-5-17(23)6-8-18/h2-8,13,15H,9-12,14H2,1H3,(H,24,28). The van der Waals surface area contributed by atoms with Crippen LogP contribution in [-0.2, 0) is 4.79 Å². The van der Waals surface area contributed by atoms with E-state index in [0.717, 1.165) is 48.3 Å². The summed E-state index contributed by atoms with van der Waals surface area (Å²) >= 11 is 1.63. The van der Waals surface area contributed by atoms with Crippen LogP contribution in [0.15, 0.2) is 53.9 Å². The van der Waals surface area contributed by atoms with Crippen LogP contribution in [0.4, 0.5) is 15.2 Å². The number of halogens is 1. The van der Waals surface area contributed by atoms with Crippen LogP contribution in [0.1, 0.15) is 0 Å². The Bertz CT molecular complexity index is 1000. The number of carbonyl (C=O) groups excluding carboxylic acids is 1. The summed E-state index contributed by atoms with van der Waals surface area (Å²) in [4.78, 5) is 21.4. The Morgan fingerprint density at radius 1 is 1.17 bits per heavy atom. The van der Waals surface area contributed by atoms with E-state index in [9.17, 15) is 9.18 Å². The summed E-state index contributed by atoms with van der Waals surface area (Å²) in [5.41, 5.74) is 2.58. The lowest BCUT2D eigenvalue weighted by atomic mass is 10.2. The number of hydrogen-bond donors (Lipinski definition) is 1. The maximum atomic E-state index is 13.0. The molecule has 1 aromatic heterocycles. The van der Waals surface area contributed by atoms with Crippen molar-refractivity contribution in [3.05, 3.63) is 59.7 Å². The van der Waals surface area contributed by atoms with Crippen molar-refractivity contribution >= 4 is 28.1 Å². The summed E-state index contributed by atoms with van der Waals surface area (Å²) in [5.74, 6) is 0.403. The van der Waals surface area contributed by atoms with E-state index in [1.165, 1.54) is 12.1 Å². The SMILES string of the molecule is COc1cccc(-c2csc(N3CCN(CC(=O)Nc4ccc(F)cc4)CC3)n2)c1. The number of aromatic nitrogens is 1. The van der Waals surface area contributed by atoms with E-state index >= 15 is 0 Å². The summed E-state index contributed by atoms with van der Waals surface area (Å²) in [7, 11) is 1.66. The van der Waals surface area contributed by atoms with E-state index in [1.807, 2.05) is 24.3 Å². The fourth-order valence-electron chi connectivity index (χ4n) is 3.36. The van der Waals surface area contributed by atoms with Crippen LogP contribution in [0, 0.1) is 5.82 Å². The number of piperazine rings is 1. The molecule has 156 valence electrons. The minimum absolute atomic E-state index is 0.0929. The number of methoxy groups -OCH3 is 1. The summed E-state index contributed by atoms with van der Waals surface area (Å²) in [6, 6.07) is 13.7. The van der Waals surface area contributed by atoms with E-state index in [1.54, 1.807) is 30.6 Å². The van der Waals surface area contributed by atoms with E-state index in [4.69, 9.17) is 9.72 Å². The van der Waals surface area contributed by atoms with Crippen LogP contribution in [0.25, 0.3) is 11.3 Å². The summed E-state index contributed by atoms with van der Waals surface area (Å²) < 4.78 is 18.3. The maximum absolute atomic E-state index is 13.0. The van der Waals surface area contributed by atoms with Crippen molar-refractivity contribution in [3.8, 4) is 17.0 Å². The van der Waals surface area contributed by atoms with Gasteiger partial charge in [0.25, 0.3) is 0 Å². The molecule has 30 heavy (non-hydrogen) atoms. The number of hydrogen-bond acceptors (Lipinski definition) is 6. The molecule has 1 N–H and O–H groups in total. The second-order valence-electron chi connectivity index (χ2n) is 7.07. The van der Waals surface area contributed by atoms with E-state index in [2.05, 4.69) is 20.5 Å². The van der Waals surface area contributed by atoms with Gasteiger partial charge >= 0.3 is 0 Å². The van der Waals surface area contributed by atoms with Crippen LogP contribution in [0.3, 0.4) is 0 Å². The van der Waals surface area contributed by atoms with Gasteiger partial charge in [-0.1, -0.05) is 12.1 Å². The molecule has 0 aliphatic carbocycles. The van der Waals surface area contributed by atoms with Gasteiger partial charge < -0.3 is 15.0 Å². The topological polar surface area (TPSA) is 57.7 Å². The van der Waals surface area contributed by atoms with Crippen LogP contribution < -0.4 is 15.0 Å². The van der Waals surface area contributed by atoms with Crippen LogP contribution >= 0.6 is 11.3 Å². The van der Waals surface area contributed by atoms with Gasteiger partial charge in [0, 0.05) is 42.8 Å². The van der Waals surface area contributed by atoms with Gasteiger partial charge in [0.1, 0.15) is 11.6 Å². The van der Waals surface area contributed by atoms with E-state index in [0.29, 0.717) is 12.2 Å². The van der Waals surface area contributed by atoms with Crippen LogP contribution in [0.2, 0.25) is 0 Å². The van der Waals surface area contributed by atoms with Crippen molar-refractivity contribution in [2.24, 2.45) is 0 Å². The number of rotatable bonds is 6. The molecule has 3 aromatic rings. The zero-order valence-electron chi connectivity index (χ0n) is 16.7. The minimum atomic E-state index is -0.319. The lowest BCUT2D eigenvalue weighted by molar-refractivity contribution is -0.117. The highest BCUT2D eigenvalue weighted by molar-refractivity contribution is 7.14. The molecule has 0 radical (unpaired) electrons. The van der Waals surface area contributed by atoms with E-state index in [-0.39, 0.29) is 11.7 Å². The average Bonchev–Trinajstić information content (AvgIpc) is 3.26. The normalized spacial score (nSPS) is 14.5. The molecule has 2 heterocycles. The molecule has 1 aliphatic rings. The maximum Gasteiger partial charge on any atom is 0.238 e. The molecule has 4 rings (SSSR count). The highest BCUT2D eigenvalue weighted by Gasteiger charge is 2.21. The van der Waals surface area contributed by atoms with Gasteiger partial charge in [0.2, 0.25) is 5.91 Å². The summed E-state index contributed by atoms with van der Waals surface area (Å²) in [5, 5.41) is 5.86. The Morgan fingerprint density at radius 2 is 1.93 bits per heavy atom. The number of carbonyl (C=O) groups is 1. The minimum Gasteiger partial charge on any atom is -0.497 e. The molecule has 0 bridgehead atoms. The number of benzene rings is 2. The van der Waals surface area contributed by atoms with Gasteiger partial charge in [0.15, 0.2) is 5.13 Å². The fraction of sp³-hybridized carbons (Fsp3) is 0.273. The average molecular weight is 427 g/mol. The van der Waals surface area contributed by atoms with Crippen molar-refractivity contribution in [2.45, 2.75) is 0 Å². The predicted octanol–water partition coefficient (Wildman–Crippen LogP) is 3.72. The number of nitrogens with one attached hydrogen (secondary N) is 1. The first-order valence-corrected chi connectivity index (χ1v) is 10.6. The number of ether oxygens (including phenoxy) is 1. The molecule has 1 amide bonds. The smallest absolute Gasteiger partial charge is 0.238 e. The summed E-state index contributed by atoms with van der Waals surface area (Å²) in [6.45, 7) is 3.51. The predicted molar refractivity (Wildman–Crippen MR) is 118 cm³/mol. The van der Waals surface area contributed by atoms with Gasteiger partial charge in [-0.25, -0.2) is 9.37 Å². The first-order chi connectivity index (χ1) is 14.6. The zero-order chi connectivity index (χ0) is 20.9. The van der Waals surface area contributed by atoms with Crippen molar-refractivity contribution < 1.29 is 13.9 Å². The molecule has 6 nitrogen and oxygen atoms in total. The first kappa shape index (κ1) is 20.3. The lowest BCUT2D eigenvalue weighted by Crippen LogP contribution is -2.48. The van der Waals surface area contributed by atoms with Crippen LogP contribution in [-0.4, -0.2) is 55.6 Å². The van der Waals surface area contributed by atoms with Crippen LogP contribution in [0.5, 0.6) is 5.75 Å². The molecule has 0 saturated carbocycles. The molecule has 0 unspecified atom stereocenters. The molecule has 1 saturated heterocycles. The van der Waals surface area contributed by atoms with Crippen molar-refractivity contribution in [3.63, 3.8) is 0 Å². The zero-order valence-corrected chi connectivity index (χ0v) is 17.5. The van der Waals surface area contributed by atoms with Gasteiger partial charge in [0.05, 0.1) is 19.3 Å². The molecular formula is C22H23FN4O2S. The lowest BCUT2D eigenvalue weighted by Gasteiger charge is -2.34. The monoisotopic (exact) mass is 426 g/mol. The Balaban J connectivity index is 1.30. The third kappa shape index (κ3) is 4.95. The van der Waals surface area contributed by atoms with Crippen molar-refractivity contribution in [2.75, 3.05) is 50.1 Å². The quantitative estimate of drug-likeness (QED) is 0.651. The molecule has 1 fully saturated rings. The second kappa shape index (κ2) is 9.23. The molecule has 8 heteroatoms. The Labute approximate surface area is 178 Å². The Kier molecular flexibility index (Phi) is 6.25. The largest absolute Gasteiger partial charge is 0.497 e. The molecule has 0 spiro atoms. The first-order valence-electron chi connectivity index (χ1n) is 9.73. The number of anilines is 2. The summed E-state index contributed by atoms with van der Waals surface area (Å²) in [6.07, 6.45) is 0. The van der Waals surface area contributed by atoms with Gasteiger partial charge in [-0.2, -0.15) is 0 Å². The molecular weight excluding hydrogens is 403 g/mol. The van der Waals surface area contributed by atoms with Gasteiger partial charge in [-0.05, 0) is 36.4 Å². The third-order valence-corrected chi connectivity index (χ3v) is 5.90. The Hall–Kier alpha value is -2.97. The number of nitrogens with zero attached hydrogens (tertiary/aromatic N) is 3. The van der Waals surface area contributed by atoms with E-state index < -0.39 is 0 Å². The third-order valence-electron chi connectivity index (χ3n) is 5.00. The van der Waals surface area contributed by atoms with Crippen molar-refractivity contribution in [1.29, 1.82) is 0 Å². The van der Waals surface area contributed by atoms with Crippen molar-refractivity contribution in [1.82, 2.24) is 9.88 Å². The molecule has 1 aliphatic heterocycles. The highest BCUT2D eigenvalue weighted by Crippen LogP contribution is 2.29. The number of thiazole rings is 1. The highest BCUT2D eigenvalue weighted by atomic mass is 32.1. The Morgan fingerprint density at radius 3 is 2.67 bits per heavy atom. The van der Waals surface area contributed by atoms with Gasteiger partial charge in [-0.15, -0.1) is 11.3 Å². The number of amides is 1. The fourth-order valence-corrected chi connectivity index (χ4v) is 4.25. The van der Waals surface area contributed by atoms with Gasteiger partial charge in [-0.3, -0.25) is 9.69 Å². The second-order valence-corrected chi connectivity index (χ2v) is 7.90. The molecule has 2 aromatic carbocycles.